The van der Waals surface area contributed by atoms with Gasteiger partial charge in [-0.2, -0.15) is 0 Å². The van der Waals surface area contributed by atoms with Crippen LogP contribution in [0.15, 0.2) is 0 Å². The van der Waals surface area contributed by atoms with E-state index in [0.717, 1.165) is 19.3 Å². The standard InChI is InChI=1S/C10H19N3O2/c1-8(11)5-3-4-6-13-9(14)7-12(2)10(13)15/h8H,3-7,11H2,1-2H3. The van der Waals surface area contributed by atoms with Gasteiger partial charge < -0.3 is 10.6 Å². The van der Waals surface area contributed by atoms with E-state index in [0.29, 0.717) is 6.54 Å². The molecule has 1 rings (SSSR count). The smallest absolute Gasteiger partial charge is 0.326 e. The van der Waals surface area contributed by atoms with Crippen molar-refractivity contribution >= 4 is 11.9 Å². The van der Waals surface area contributed by atoms with Gasteiger partial charge in [-0.25, -0.2) is 4.79 Å². The number of carbonyl (C=O) groups is 2. The Labute approximate surface area is 90.2 Å². The molecule has 1 saturated heterocycles. The van der Waals surface area contributed by atoms with Crippen molar-refractivity contribution in [3.05, 3.63) is 0 Å². The van der Waals surface area contributed by atoms with Crippen LogP contribution in [0.25, 0.3) is 0 Å². The molecule has 1 fully saturated rings. The lowest BCUT2D eigenvalue weighted by molar-refractivity contribution is -0.125. The summed E-state index contributed by atoms with van der Waals surface area (Å²) in [6.07, 6.45) is 2.73. The molecule has 2 N–H and O–H groups in total. The zero-order chi connectivity index (χ0) is 11.4. The summed E-state index contributed by atoms with van der Waals surface area (Å²) in [4.78, 5) is 25.6. The Morgan fingerprint density at radius 3 is 2.53 bits per heavy atom. The van der Waals surface area contributed by atoms with Crippen LogP contribution in [0.3, 0.4) is 0 Å². The van der Waals surface area contributed by atoms with Crippen LogP contribution < -0.4 is 5.73 Å². The first-order chi connectivity index (χ1) is 7.02. The molecule has 0 bridgehead atoms. The molecule has 1 aliphatic heterocycles. The molecule has 1 unspecified atom stereocenters. The minimum absolute atomic E-state index is 0.0942. The Morgan fingerprint density at radius 2 is 2.07 bits per heavy atom. The molecule has 0 aromatic rings. The molecule has 0 saturated carbocycles. The fourth-order valence-electron chi connectivity index (χ4n) is 1.63. The molecular weight excluding hydrogens is 194 g/mol. The lowest BCUT2D eigenvalue weighted by Crippen LogP contribution is -2.32. The van der Waals surface area contributed by atoms with E-state index in [1.807, 2.05) is 6.92 Å². The molecule has 1 aliphatic rings. The van der Waals surface area contributed by atoms with E-state index in [1.54, 1.807) is 7.05 Å². The SMILES string of the molecule is CC(N)CCCCN1C(=O)CN(C)C1=O. The molecule has 0 aliphatic carbocycles. The Balaban J connectivity index is 2.27. The number of carbonyl (C=O) groups excluding carboxylic acids is 2. The van der Waals surface area contributed by atoms with Gasteiger partial charge >= 0.3 is 6.03 Å². The number of hydrogen-bond acceptors (Lipinski definition) is 3. The van der Waals surface area contributed by atoms with Crippen LogP contribution in [0.1, 0.15) is 26.2 Å². The van der Waals surface area contributed by atoms with Crippen LogP contribution >= 0.6 is 0 Å². The summed E-state index contributed by atoms with van der Waals surface area (Å²) >= 11 is 0. The van der Waals surface area contributed by atoms with Crippen molar-refractivity contribution in [1.82, 2.24) is 9.80 Å². The minimum atomic E-state index is -0.180. The molecule has 0 aromatic carbocycles. The lowest BCUT2D eigenvalue weighted by Gasteiger charge is -2.14. The average Bonchev–Trinajstić information content (AvgIpc) is 2.37. The maximum atomic E-state index is 11.5. The molecule has 5 nitrogen and oxygen atoms in total. The summed E-state index contributed by atoms with van der Waals surface area (Å²) < 4.78 is 0. The number of rotatable bonds is 5. The second-order valence-electron chi connectivity index (χ2n) is 4.16. The van der Waals surface area contributed by atoms with Gasteiger partial charge in [-0.3, -0.25) is 9.69 Å². The van der Waals surface area contributed by atoms with E-state index < -0.39 is 0 Å². The largest absolute Gasteiger partial charge is 0.328 e. The number of nitrogens with zero attached hydrogens (tertiary/aromatic N) is 2. The zero-order valence-corrected chi connectivity index (χ0v) is 9.40. The number of amides is 3. The molecular formula is C10H19N3O2. The Hall–Kier alpha value is -1.10. The van der Waals surface area contributed by atoms with Crippen LogP contribution in [-0.4, -0.2) is 47.9 Å². The number of hydrogen-bond donors (Lipinski definition) is 1. The molecule has 86 valence electrons. The lowest BCUT2D eigenvalue weighted by atomic mass is 10.1. The van der Waals surface area contributed by atoms with Gasteiger partial charge in [-0.05, 0) is 19.8 Å². The van der Waals surface area contributed by atoms with Gasteiger partial charge in [0.05, 0.1) is 0 Å². The van der Waals surface area contributed by atoms with Crippen LogP contribution in [0.2, 0.25) is 0 Å². The van der Waals surface area contributed by atoms with E-state index in [2.05, 4.69) is 0 Å². The molecule has 15 heavy (non-hydrogen) atoms. The number of imide groups is 1. The van der Waals surface area contributed by atoms with Crippen molar-refractivity contribution in [2.45, 2.75) is 32.2 Å². The predicted molar refractivity (Wildman–Crippen MR) is 57.2 cm³/mol. The van der Waals surface area contributed by atoms with Crippen LogP contribution in [-0.2, 0) is 4.79 Å². The van der Waals surface area contributed by atoms with Crippen LogP contribution in [0.5, 0.6) is 0 Å². The van der Waals surface area contributed by atoms with Crippen molar-refractivity contribution in [1.29, 1.82) is 0 Å². The van der Waals surface area contributed by atoms with Gasteiger partial charge in [0.15, 0.2) is 0 Å². The molecule has 5 heteroatoms. The highest BCUT2D eigenvalue weighted by molar-refractivity contribution is 6.01. The van der Waals surface area contributed by atoms with Crippen molar-refractivity contribution in [3.63, 3.8) is 0 Å². The van der Waals surface area contributed by atoms with Gasteiger partial charge in [0.25, 0.3) is 0 Å². The minimum Gasteiger partial charge on any atom is -0.328 e. The Bertz CT molecular complexity index is 253. The molecule has 3 amide bonds. The first-order valence-electron chi connectivity index (χ1n) is 5.33. The van der Waals surface area contributed by atoms with E-state index >= 15 is 0 Å². The maximum absolute atomic E-state index is 11.5. The zero-order valence-electron chi connectivity index (χ0n) is 9.40. The van der Waals surface area contributed by atoms with E-state index in [1.165, 1.54) is 9.80 Å². The highest BCUT2D eigenvalue weighted by Crippen LogP contribution is 2.10. The summed E-state index contributed by atoms with van der Waals surface area (Å²) in [5, 5.41) is 0. The Kier molecular flexibility index (Phi) is 4.08. The highest BCUT2D eigenvalue weighted by atomic mass is 16.2. The highest BCUT2D eigenvalue weighted by Gasteiger charge is 2.32. The molecule has 1 atom stereocenters. The third kappa shape index (κ3) is 3.20. The maximum Gasteiger partial charge on any atom is 0.326 e. The van der Waals surface area contributed by atoms with Crippen molar-refractivity contribution < 1.29 is 9.59 Å². The van der Waals surface area contributed by atoms with Crippen molar-refractivity contribution in [2.75, 3.05) is 20.1 Å². The predicted octanol–water partition coefficient (Wildman–Crippen LogP) is 0.398. The van der Waals surface area contributed by atoms with Gasteiger partial charge in [0.1, 0.15) is 6.54 Å². The fraction of sp³-hybridized carbons (Fsp3) is 0.800. The number of unbranched alkanes of at least 4 members (excludes halogenated alkanes) is 1. The summed E-state index contributed by atoms with van der Waals surface area (Å²) in [6, 6.07) is 0.0125. The second kappa shape index (κ2) is 5.11. The quantitative estimate of drug-likeness (QED) is 0.531. The van der Waals surface area contributed by atoms with E-state index in [4.69, 9.17) is 5.73 Å². The van der Waals surface area contributed by atoms with Gasteiger partial charge in [0, 0.05) is 19.6 Å². The third-order valence-electron chi connectivity index (χ3n) is 2.52. The number of urea groups is 1. The summed E-state index contributed by atoms with van der Waals surface area (Å²) in [5.74, 6) is -0.0942. The first kappa shape index (κ1) is 12.0. The summed E-state index contributed by atoms with van der Waals surface area (Å²) in [6.45, 7) is 2.70. The number of likely N-dealkylation sites (N-methyl/N-ethyl adjacent to an activating group) is 1. The topological polar surface area (TPSA) is 66.6 Å². The summed E-state index contributed by atoms with van der Waals surface area (Å²) in [7, 11) is 1.64. The third-order valence-corrected chi connectivity index (χ3v) is 2.52. The van der Waals surface area contributed by atoms with Gasteiger partial charge in [-0.1, -0.05) is 6.42 Å². The molecule has 0 radical (unpaired) electrons. The monoisotopic (exact) mass is 213 g/mol. The van der Waals surface area contributed by atoms with Crippen LogP contribution in [0.4, 0.5) is 4.79 Å². The fourth-order valence-corrected chi connectivity index (χ4v) is 1.63. The van der Waals surface area contributed by atoms with Crippen molar-refractivity contribution in [2.24, 2.45) is 5.73 Å². The van der Waals surface area contributed by atoms with Gasteiger partial charge in [0.2, 0.25) is 5.91 Å². The molecule has 0 spiro atoms. The average molecular weight is 213 g/mol. The molecule has 0 aromatic heterocycles. The number of nitrogens with two attached hydrogens (primary N) is 1. The normalized spacial score (nSPS) is 18.9. The van der Waals surface area contributed by atoms with Crippen molar-refractivity contribution in [3.8, 4) is 0 Å². The van der Waals surface area contributed by atoms with E-state index in [9.17, 15) is 9.59 Å². The summed E-state index contributed by atoms with van der Waals surface area (Å²) in [5.41, 5.74) is 5.61. The first-order valence-corrected chi connectivity index (χ1v) is 5.33. The Morgan fingerprint density at radius 1 is 1.40 bits per heavy atom. The van der Waals surface area contributed by atoms with Gasteiger partial charge in [-0.15, -0.1) is 0 Å². The van der Waals surface area contributed by atoms with E-state index in [-0.39, 0.29) is 24.5 Å². The second-order valence-corrected chi connectivity index (χ2v) is 4.16. The molecule has 1 heterocycles. The van der Waals surface area contributed by atoms with Crippen LogP contribution in [0, 0.1) is 0 Å².